The Balaban J connectivity index is 1.78. The molecule has 0 N–H and O–H groups in total. The molecule has 1 atom stereocenters. The molecule has 8 heteroatoms. The van der Waals surface area contributed by atoms with E-state index in [-0.39, 0.29) is 17.9 Å². The summed E-state index contributed by atoms with van der Waals surface area (Å²) in [5.74, 6) is 0.799. The third-order valence-electron chi connectivity index (χ3n) is 6.21. The number of carbonyl (C=O) groups is 1. The van der Waals surface area contributed by atoms with Crippen molar-refractivity contribution in [3.8, 4) is 17.1 Å². The number of carbonyl (C=O) groups excluding carboxylic acids is 1. The van der Waals surface area contributed by atoms with Crippen LogP contribution in [0.2, 0.25) is 0 Å². The average molecular weight is 549 g/mol. The molecule has 2 aromatic carbocycles. The predicted molar refractivity (Wildman–Crippen MR) is 147 cm³/mol. The van der Waals surface area contributed by atoms with Gasteiger partial charge in [0.2, 0.25) is 0 Å². The number of halogens is 3. The first kappa shape index (κ1) is 29.7. The van der Waals surface area contributed by atoms with E-state index in [1.54, 1.807) is 7.11 Å². The largest absolute Gasteiger partial charge is 0.496 e. The molecule has 0 fully saturated rings. The van der Waals surface area contributed by atoms with Crippen molar-refractivity contribution in [2.45, 2.75) is 63.9 Å². The van der Waals surface area contributed by atoms with Crippen molar-refractivity contribution in [2.24, 2.45) is 5.41 Å². The van der Waals surface area contributed by atoms with Gasteiger partial charge in [0, 0.05) is 27.0 Å². The normalized spacial score (nSPS) is 13.3. The van der Waals surface area contributed by atoms with Crippen LogP contribution < -0.4 is 4.74 Å². The molecule has 0 bridgehead atoms. The van der Waals surface area contributed by atoms with Crippen LogP contribution in [0.5, 0.6) is 5.75 Å². The minimum Gasteiger partial charge on any atom is -0.496 e. The fourth-order valence-corrected chi connectivity index (χ4v) is 5.21. The Kier molecular flexibility index (Phi) is 9.99. The van der Waals surface area contributed by atoms with Crippen LogP contribution in [-0.4, -0.2) is 31.6 Å². The first-order chi connectivity index (χ1) is 17.9. The molecular weight excluding hydrogens is 513 g/mol. The fraction of sp³-hybridized carbons (Fsp3) is 0.433. The van der Waals surface area contributed by atoms with Crippen LogP contribution in [0, 0.1) is 5.41 Å². The molecule has 1 unspecified atom stereocenters. The number of ether oxygens (including phenoxy) is 2. The lowest BCUT2D eigenvalue weighted by molar-refractivity contribution is -0.166. The number of alkyl halides is 3. The molecule has 0 radical (unpaired) electrons. The van der Waals surface area contributed by atoms with Crippen LogP contribution in [0.25, 0.3) is 22.3 Å². The third-order valence-corrected chi connectivity index (χ3v) is 7.64. The average Bonchev–Trinajstić information content (AvgIpc) is 3.28. The van der Waals surface area contributed by atoms with E-state index in [0.717, 1.165) is 34.4 Å². The lowest BCUT2D eigenvalue weighted by Crippen LogP contribution is -2.33. The zero-order valence-corrected chi connectivity index (χ0v) is 23.2. The Labute approximate surface area is 226 Å². The molecule has 4 nitrogen and oxygen atoms in total. The Morgan fingerprint density at radius 1 is 1.11 bits per heavy atom. The first-order valence-electron chi connectivity index (χ1n) is 12.7. The fourth-order valence-electron chi connectivity index (χ4n) is 4.16. The highest BCUT2D eigenvalue weighted by atomic mass is 32.2. The van der Waals surface area contributed by atoms with E-state index >= 15 is 0 Å². The molecule has 0 aliphatic rings. The third kappa shape index (κ3) is 8.32. The van der Waals surface area contributed by atoms with E-state index in [2.05, 4.69) is 19.6 Å². The molecule has 0 aliphatic carbocycles. The van der Waals surface area contributed by atoms with Crippen molar-refractivity contribution >= 4 is 28.7 Å². The summed E-state index contributed by atoms with van der Waals surface area (Å²) in [4.78, 5) is 12.5. The number of benzene rings is 2. The zero-order chi connectivity index (χ0) is 27.9. The van der Waals surface area contributed by atoms with Gasteiger partial charge in [-0.25, -0.2) is 4.79 Å². The summed E-state index contributed by atoms with van der Waals surface area (Å²) in [6.45, 7) is 8.24. The summed E-state index contributed by atoms with van der Waals surface area (Å²) >= 11 is 1.27. The summed E-state index contributed by atoms with van der Waals surface area (Å²) < 4.78 is 56.8. The Bertz CT molecular complexity index is 1260. The second-order valence-corrected chi connectivity index (χ2v) is 11.1. The summed E-state index contributed by atoms with van der Waals surface area (Å²) in [5, 5.41) is 0.881. The number of aryl methyl sites for hydroxylation is 1. The maximum Gasteiger partial charge on any atom is 0.389 e. The molecule has 0 amide bonds. The van der Waals surface area contributed by atoms with Crippen LogP contribution >= 0.6 is 11.8 Å². The number of furan rings is 1. The number of fused-ring (bicyclic) bond motifs is 1. The second kappa shape index (κ2) is 12.8. The van der Waals surface area contributed by atoms with Gasteiger partial charge in [-0.15, -0.1) is 11.8 Å². The minimum atomic E-state index is -4.39. The highest BCUT2D eigenvalue weighted by Gasteiger charge is 2.40. The molecule has 0 saturated carbocycles. The van der Waals surface area contributed by atoms with Crippen LogP contribution in [0.1, 0.15) is 52.0 Å². The van der Waals surface area contributed by atoms with Crippen molar-refractivity contribution in [3.05, 3.63) is 60.2 Å². The lowest BCUT2D eigenvalue weighted by atomic mass is 9.90. The van der Waals surface area contributed by atoms with E-state index in [0.29, 0.717) is 11.3 Å². The van der Waals surface area contributed by atoms with E-state index in [9.17, 15) is 18.0 Å². The van der Waals surface area contributed by atoms with Gasteiger partial charge in [-0.2, -0.15) is 13.2 Å². The number of hydrogen-bond donors (Lipinski definition) is 0. The minimum absolute atomic E-state index is 0.0996. The first-order valence-corrected chi connectivity index (χ1v) is 13.6. The number of unbranched alkanes of at least 4 members (excludes halogenated alkanes) is 2. The molecule has 0 saturated heterocycles. The van der Waals surface area contributed by atoms with Crippen LogP contribution in [0.4, 0.5) is 13.2 Å². The van der Waals surface area contributed by atoms with Crippen LogP contribution in [0.15, 0.2) is 63.9 Å². The highest BCUT2D eigenvalue weighted by molar-refractivity contribution is 7.99. The maximum absolute atomic E-state index is 13.3. The van der Waals surface area contributed by atoms with Gasteiger partial charge in [-0.05, 0) is 61.7 Å². The quantitative estimate of drug-likeness (QED) is 0.0923. The van der Waals surface area contributed by atoms with Crippen molar-refractivity contribution in [3.63, 3.8) is 0 Å². The van der Waals surface area contributed by atoms with Crippen LogP contribution in [0.3, 0.4) is 0 Å². The molecule has 3 aromatic rings. The molecule has 3 rings (SSSR count). The molecule has 206 valence electrons. The number of esters is 1. The summed E-state index contributed by atoms with van der Waals surface area (Å²) in [6, 6.07) is 13.6. The van der Waals surface area contributed by atoms with Crippen molar-refractivity contribution in [1.29, 1.82) is 0 Å². The molecule has 0 aliphatic heterocycles. The molecule has 1 heterocycles. The zero-order valence-electron chi connectivity index (χ0n) is 22.4. The van der Waals surface area contributed by atoms with E-state index < -0.39 is 24.0 Å². The predicted octanol–water partition coefficient (Wildman–Crippen LogP) is 9.01. The molecule has 0 spiro atoms. The van der Waals surface area contributed by atoms with Crippen molar-refractivity contribution < 1.29 is 31.9 Å². The van der Waals surface area contributed by atoms with Crippen molar-refractivity contribution in [1.82, 2.24) is 0 Å². The second-order valence-electron chi connectivity index (χ2n) is 10.0. The lowest BCUT2D eigenvalue weighted by Gasteiger charge is -2.29. The smallest absolute Gasteiger partial charge is 0.389 e. The Morgan fingerprint density at radius 2 is 1.87 bits per heavy atom. The van der Waals surface area contributed by atoms with Gasteiger partial charge in [-0.1, -0.05) is 39.3 Å². The number of rotatable bonds is 13. The Morgan fingerprint density at radius 3 is 2.53 bits per heavy atom. The molecular formula is C30H35F3O4S. The van der Waals surface area contributed by atoms with Gasteiger partial charge in [0.05, 0.1) is 25.7 Å². The summed E-state index contributed by atoms with van der Waals surface area (Å²) in [7, 11) is 1.64. The van der Waals surface area contributed by atoms with E-state index in [4.69, 9.17) is 13.9 Å². The van der Waals surface area contributed by atoms with Crippen LogP contribution in [-0.2, 0) is 16.0 Å². The Hall–Kier alpha value is -2.87. The summed E-state index contributed by atoms with van der Waals surface area (Å²) in [6.07, 6.45) is -0.998. The van der Waals surface area contributed by atoms with Gasteiger partial charge >= 0.3 is 12.1 Å². The number of hydrogen-bond acceptors (Lipinski definition) is 5. The molecule has 1 aromatic heterocycles. The van der Waals surface area contributed by atoms with Gasteiger partial charge < -0.3 is 13.9 Å². The van der Waals surface area contributed by atoms with E-state index in [1.807, 2.05) is 36.4 Å². The van der Waals surface area contributed by atoms with Gasteiger partial charge in [0.1, 0.15) is 17.1 Å². The number of thioether (sulfide) groups is 1. The van der Waals surface area contributed by atoms with E-state index in [1.165, 1.54) is 44.0 Å². The maximum atomic E-state index is 13.3. The number of methoxy groups -OCH3 is 1. The standard InChI is InChI=1S/C30H35F3O4S/c1-6-7-8-9-21-10-13-24(26(14-21)35-5)27-15-22-11-12-23(16-25(22)37-27)38-19-29(4,17-30(31,32)33)18-36-28(34)20(2)3/h10-16H,2,6-9,17-19H2,1,3-5H3. The van der Waals surface area contributed by atoms with Gasteiger partial charge in [0.15, 0.2) is 0 Å². The SMILES string of the molecule is C=C(C)C(=O)OCC(C)(CSc1ccc2cc(-c3ccc(CCCCC)cc3OC)oc2c1)CC(F)(F)F. The summed E-state index contributed by atoms with van der Waals surface area (Å²) in [5.41, 5.74) is 1.53. The molecule has 38 heavy (non-hydrogen) atoms. The van der Waals surface area contributed by atoms with Gasteiger partial charge in [-0.3, -0.25) is 0 Å². The van der Waals surface area contributed by atoms with Crippen molar-refractivity contribution in [2.75, 3.05) is 19.5 Å². The topological polar surface area (TPSA) is 48.7 Å². The highest BCUT2D eigenvalue weighted by Crippen LogP contribution is 2.40. The van der Waals surface area contributed by atoms with Gasteiger partial charge in [0.25, 0.3) is 0 Å². The monoisotopic (exact) mass is 548 g/mol.